The molecule has 0 saturated carbocycles. The van der Waals surface area contributed by atoms with Gasteiger partial charge in [-0.1, -0.05) is 0 Å². The first-order valence-electron chi connectivity index (χ1n) is 12.4. The lowest BCUT2D eigenvalue weighted by atomic mass is 9.87. The molecule has 6 aromatic heterocycles. The molecule has 0 bridgehead atoms. The predicted octanol–water partition coefficient (Wildman–Crippen LogP) is 5.41. The summed E-state index contributed by atoms with van der Waals surface area (Å²) in [6.45, 7) is 0. The number of rotatable bonds is 0. The zero-order valence-electron chi connectivity index (χ0n) is 18.9. The quantitative estimate of drug-likeness (QED) is 0.220. The largest absolute Gasteiger partial charge is 0.456 e. The molecule has 5 heteroatoms. The third-order valence-corrected chi connectivity index (χ3v) is 8.93. The lowest BCUT2D eigenvalue weighted by Crippen LogP contribution is -2.72. The molecule has 0 N–H and O–H groups in total. The fraction of sp³-hybridized carbons (Fsp3) is 0.0323. The average Bonchev–Trinajstić information content (AvgIpc) is 3.70. The van der Waals surface area contributed by atoms with E-state index in [0.717, 1.165) is 11.5 Å². The van der Waals surface area contributed by atoms with E-state index in [1.165, 1.54) is 65.8 Å². The van der Waals surface area contributed by atoms with Gasteiger partial charge in [0.05, 0.1) is 43.6 Å². The number of pyridine rings is 4. The van der Waals surface area contributed by atoms with Crippen molar-refractivity contribution in [1.29, 1.82) is 0 Å². The molecule has 0 radical (unpaired) electrons. The number of hydrogen-bond acceptors (Lipinski definition) is 1. The fourth-order valence-corrected chi connectivity index (χ4v) is 7.83. The van der Waals surface area contributed by atoms with Gasteiger partial charge in [-0.15, -0.1) is 9.13 Å². The fourth-order valence-electron chi connectivity index (χ4n) is 7.83. The first kappa shape index (κ1) is 16.7. The van der Waals surface area contributed by atoms with Crippen molar-refractivity contribution >= 4 is 54.6 Å². The SMILES string of the molecule is c1cc2c3ccc[n+]4c3c3c5c(ccc3n2c1)Oc1ccc2c3c1C54[n+]1cccc(c4cccn42)c31. The van der Waals surface area contributed by atoms with Crippen LogP contribution < -0.4 is 13.9 Å². The van der Waals surface area contributed by atoms with Crippen LogP contribution in [0.25, 0.3) is 54.6 Å². The Morgan fingerprint density at radius 1 is 0.556 bits per heavy atom. The third kappa shape index (κ3) is 1.38. The maximum Gasteiger partial charge on any atom is 0.425 e. The van der Waals surface area contributed by atoms with Gasteiger partial charge in [0.15, 0.2) is 23.5 Å². The highest BCUT2D eigenvalue weighted by Gasteiger charge is 2.69. The normalized spacial score (nSPS) is 15.7. The van der Waals surface area contributed by atoms with Crippen molar-refractivity contribution in [3.63, 3.8) is 0 Å². The highest BCUT2D eigenvalue weighted by Crippen LogP contribution is 2.57. The van der Waals surface area contributed by atoms with Gasteiger partial charge in [-0.3, -0.25) is 0 Å². The van der Waals surface area contributed by atoms with Gasteiger partial charge in [0.2, 0.25) is 11.0 Å². The van der Waals surface area contributed by atoms with Crippen molar-refractivity contribution < 1.29 is 13.9 Å². The Kier molecular flexibility index (Phi) is 2.27. The molecule has 0 aliphatic carbocycles. The second kappa shape index (κ2) is 4.90. The summed E-state index contributed by atoms with van der Waals surface area (Å²) in [4.78, 5) is 0. The molecule has 1 spiro atoms. The van der Waals surface area contributed by atoms with E-state index < -0.39 is 5.66 Å². The summed E-state index contributed by atoms with van der Waals surface area (Å²) < 4.78 is 16.4. The van der Waals surface area contributed by atoms with E-state index in [4.69, 9.17) is 4.74 Å². The number of hydrogen-bond donors (Lipinski definition) is 0. The van der Waals surface area contributed by atoms with Crippen LogP contribution in [0.15, 0.2) is 97.6 Å². The molecular weight excluding hydrogens is 444 g/mol. The molecule has 5 nitrogen and oxygen atoms in total. The summed E-state index contributed by atoms with van der Waals surface area (Å²) >= 11 is 0. The summed E-state index contributed by atoms with van der Waals surface area (Å²) in [6.07, 6.45) is 8.89. The Bertz CT molecular complexity index is 2240. The maximum atomic E-state index is 6.75. The van der Waals surface area contributed by atoms with Crippen LogP contribution in [0.5, 0.6) is 11.5 Å². The summed E-state index contributed by atoms with van der Waals surface area (Å²) in [5, 5.41) is 5.08. The molecule has 0 unspecified atom stereocenters. The molecule has 0 amide bonds. The Hall–Kier alpha value is -4.90. The second-order valence-electron chi connectivity index (χ2n) is 10.2. The lowest BCUT2D eigenvalue weighted by Gasteiger charge is -2.26. The number of benzene rings is 2. The topological polar surface area (TPSA) is 25.8 Å². The number of aromatic nitrogens is 4. The van der Waals surface area contributed by atoms with Crippen LogP contribution >= 0.6 is 0 Å². The van der Waals surface area contributed by atoms with Crippen LogP contribution in [0.3, 0.4) is 0 Å². The summed E-state index contributed by atoms with van der Waals surface area (Å²) in [6, 6.07) is 26.4. The Morgan fingerprint density at radius 3 is 1.61 bits per heavy atom. The van der Waals surface area contributed by atoms with Gasteiger partial charge in [-0.25, -0.2) is 0 Å². The van der Waals surface area contributed by atoms with E-state index in [9.17, 15) is 0 Å². The van der Waals surface area contributed by atoms with E-state index in [0.29, 0.717) is 0 Å². The van der Waals surface area contributed by atoms with Crippen molar-refractivity contribution in [2.24, 2.45) is 0 Å². The molecule has 11 rings (SSSR count). The van der Waals surface area contributed by atoms with Gasteiger partial charge >= 0.3 is 5.66 Å². The van der Waals surface area contributed by atoms with Crippen LogP contribution in [0, 0.1) is 0 Å². The van der Waals surface area contributed by atoms with Crippen molar-refractivity contribution in [2.45, 2.75) is 5.66 Å². The first-order chi connectivity index (χ1) is 17.9. The monoisotopic (exact) mass is 460 g/mol. The summed E-state index contributed by atoms with van der Waals surface area (Å²) in [5.74, 6) is 1.88. The third-order valence-electron chi connectivity index (χ3n) is 8.93. The molecule has 0 saturated heterocycles. The molecule has 2 aromatic carbocycles. The molecule has 0 fully saturated rings. The minimum Gasteiger partial charge on any atom is -0.456 e. The van der Waals surface area contributed by atoms with Crippen molar-refractivity contribution in [2.75, 3.05) is 0 Å². The minimum atomic E-state index is -0.537. The lowest BCUT2D eigenvalue weighted by molar-refractivity contribution is -0.945. The van der Waals surface area contributed by atoms with Crippen molar-refractivity contribution in [1.82, 2.24) is 8.80 Å². The number of fused-ring (bicyclic) bond motifs is 6. The van der Waals surface area contributed by atoms with Crippen LogP contribution in [0.1, 0.15) is 11.1 Å². The van der Waals surface area contributed by atoms with Gasteiger partial charge in [0.1, 0.15) is 11.5 Å². The van der Waals surface area contributed by atoms with Gasteiger partial charge in [0.25, 0.3) is 0 Å². The van der Waals surface area contributed by atoms with E-state index in [2.05, 4.69) is 116 Å². The first-order valence-corrected chi connectivity index (χ1v) is 12.4. The predicted molar refractivity (Wildman–Crippen MR) is 137 cm³/mol. The molecule has 3 aliphatic heterocycles. The van der Waals surface area contributed by atoms with Gasteiger partial charge < -0.3 is 13.5 Å². The number of ether oxygens (including phenoxy) is 1. The van der Waals surface area contributed by atoms with Gasteiger partial charge in [-0.2, -0.15) is 0 Å². The maximum absolute atomic E-state index is 6.75. The highest BCUT2D eigenvalue weighted by atomic mass is 16.5. The van der Waals surface area contributed by atoms with Crippen molar-refractivity contribution in [3.05, 3.63) is 109 Å². The zero-order chi connectivity index (χ0) is 22.9. The Labute approximate surface area is 203 Å². The zero-order valence-corrected chi connectivity index (χ0v) is 18.9. The van der Waals surface area contributed by atoms with Crippen molar-refractivity contribution in [3.8, 4) is 11.5 Å². The molecule has 8 aromatic rings. The summed E-state index contributed by atoms with van der Waals surface area (Å²) in [7, 11) is 0. The van der Waals surface area contributed by atoms with Crippen LogP contribution in [-0.2, 0) is 5.66 Å². The van der Waals surface area contributed by atoms with Gasteiger partial charge in [-0.05, 0) is 60.7 Å². The van der Waals surface area contributed by atoms with Gasteiger partial charge in [0, 0.05) is 24.5 Å². The highest BCUT2D eigenvalue weighted by molar-refractivity contribution is 6.16. The molecule has 36 heavy (non-hydrogen) atoms. The molecule has 9 heterocycles. The molecule has 0 atom stereocenters. The Balaban J connectivity index is 1.52. The molecular formula is C31H16N4O+2. The number of nitrogens with zero attached hydrogens (tertiary/aromatic N) is 4. The second-order valence-corrected chi connectivity index (χ2v) is 10.2. The van der Waals surface area contributed by atoms with E-state index in [1.807, 2.05) is 0 Å². The molecule has 164 valence electrons. The minimum absolute atomic E-state index is 0.537. The molecule has 3 aliphatic rings. The van der Waals surface area contributed by atoms with Crippen LogP contribution in [-0.4, -0.2) is 8.80 Å². The smallest absolute Gasteiger partial charge is 0.425 e. The Morgan fingerprint density at radius 2 is 1.08 bits per heavy atom. The van der Waals surface area contributed by atoms with E-state index in [1.54, 1.807) is 0 Å². The summed E-state index contributed by atoms with van der Waals surface area (Å²) in [5.41, 5.74) is 9.38. The van der Waals surface area contributed by atoms with Crippen LogP contribution in [0.2, 0.25) is 0 Å². The van der Waals surface area contributed by atoms with E-state index in [-0.39, 0.29) is 0 Å². The standard InChI is InChI=1S/C31H16N4O/c1-5-17-19-7-3-13-32(19)21-9-11-23-27-25(21)29(17)34(15-1)31(27)28-24(36-23)12-10-22-26(28)30-18(6-2-16-35(30)31)20-8-4-14-33(20)22/h1-16H/q+2. The van der Waals surface area contributed by atoms with Crippen LogP contribution in [0.4, 0.5) is 0 Å². The average molecular weight is 460 g/mol. The van der Waals surface area contributed by atoms with E-state index >= 15 is 0 Å².